The molecule has 2 aromatic heterocycles. The van der Waals surface area contributed by atoms with Gasteiger partial charge in [0, 0.05) is 31.1 Å². The first kappa shape index (κ1) is 18.9. The van der Waals surface area contributed by atoms with E-state index in [-0.39, 0.29) is 11.8 Å². The Hall–Kier alpha value is -2.40. The van der Waals surface area contributed by atoms with Crippen molar-refractivity contribution in [3.05, 3.63) is 47.8 Å². The average molecular weight is 394 g/mol. The van der Waals surface area contributed by atoms with Gasteiger partial charge >= 0.3 is 0 Å². The Kier molecular flexibility index (Phi) is 5.91. The van der Waals surface area contributed by atoms with Crippen LogP contribution in [-0.4, -0.2) is 30.5 Å². The highest BCUT2D eigenvalue weighted by Gasteiger charge is 2.26. The van der Waals surface area contributed by atoms with Gasteiger partial charge in [-0.2, -0.15) is 0 Å². The molecule has 1 amide bonds. The molecule has 1 fully saturated rings. The van der Waals surface area contributed by atoms with Gasteiger partial charge < -0.3 is 10.2 Å². The Balaban J connectivity index is 1.52. The fourth-order valence-corrected chi connectivity index (χ4v) is 4.72. The van der Waals surface area contributed by atoms with E-state index in [1.165, 1.54) is 10.4 Å². The van der Waals surface area contributed by atoms with Gasteiger partial charge in [-0.25, -0.2) is 4.98 Å². The van der Waals surface area contributed by atoms with Crippen LogP contribution in [0.15, 0.2) is 47.8 Å². The van der Waals surface area contributed by atoms with Gasteiger partial charge in [0.15, 0.2) is 0 Å². The van der Waals surface area contributed by atoms with Crippen molar-refractivity contribution in [2.45, 2.75) is 32.6 Å². The molecular formula is C23H27N3OS. The maximum absolute atomic E-state index is 12.4. The first-order valence-corrected chi connectivity index (χ1v) is 11.1. The molecule has 28 heavy (non-hydrogen) atoms. The lowest BCUT2D eigenvalue weighted by Gasteiger charge is -2.33. The van der Waals surface area contributed by atoms with Crippen molar-refractivity contribution in [1.82, 2.24) is 10.3 Å². The van der Waals surface area contributed by atoms with Gasteiger partial charge in [0.25, 0.3) is 0 Å². The molecule has 0 aliphatic carbocycles. The largest absolute Gasteiger partial charge is 0.370 e. The molecule has 0 spiro atoms. The maximum atomic E-state index is 12.4. The molecule has 3 aromatic rings. The molecule has 3 heterocycles. The van der Waals surface area contributed by atoms with Crippen molar-refractivity contribution >= 4 is 33.1 Å². The van der Waals surface area contributed by atoms with Crippen LogP contribution in [0.4, 0.5) is 5.69 Å². The highest BCUT2D eigenvalue weighted by molar-refractivity contribution is 7.17. The second-order valence-electron chi connectivity index (χ2n) is 7.43. The van der Waals surface area contributed by atoms with Gasteiger partial charge in [0.05, 0.1) is 21.6 Å². The number of anilines is 1. The fraction of sp³-hybridized carbons (Fsp3) is 0.391. The summed E-state index contributed by atoms with van der Waals surface area (Å²) in [5, 5.41) is 5.21. The first-order valence-electron chi connectivity index (χ1n) is 10.2. The quantitative estimate of drug-likeness (QED) is 0.593. The highest BCUT2D eigenvalue weighted by atomic mass is 32.1. The lowest BCUT2D eigenvalue weighted by Crippen LogP contribution is -2.40. The minimum Gasteiger partial charge on any atom is -0.370 e. The topological polar surface area (TPSA) is 45.2 Å². The summed E-state index contributed by atoms with van der Waals surface area (Å²) >= 11 is 1.75. The Labute approximate surface area is 170 Å². The minimum atomic E-state index is 0.141. The molecule has 0 unspecified atom stereocenters. The minimum absolute atomic E-state index is 0.141. The summed E-state index contributed by atoms with van der Waals surface area (Å²) in [5.74, 6) is 0.372. The third-order valence-electron chi connectivity index (χ3n) is 5.50. The van der Waals surface area contributed by atoms with E-state index in [1.54, 1.807) is 11.3 Å². The number of nitrogens with zero attached hydrogens (tertiary/aromatic N) is 2. The number of rotatable bonds is 6. The Morgan fingerprint density at radius 3 is 2.75 bits per heavy atom. The zero-order valence-electron chi connectivity index (χ0n) is 16.4. The second kappa shape index (κ2) is 8.74. The van der Waals surface area contributed by atoms with Crippen molar-refractivity contribution in [3.63, 3.8) is 0 Å². The van der Waals surface area contributed by atoms with Crippen LogP contribution in [0.1, 0.15) is 32.6 Å². The number of nitrogens with one attached hydrogen (secondary N) is 1. The van der Waals surface area contributed by atoms with Crippen molar-refractivity contribution in [2.75, 3.05) is 24.5 Å². The normalized spacial score (nSPS) is 15.1. The van der Waals surface area contributed by atoms with E-state index in [2.05, 4.69) is 58.9 Å². The molecule has 0 saturated carbocycles. The Bertz CT molecular complexity index is 929. The summed E-state index contributed by atoms with van der Waals surface area (Å²) in [4.78, 5) is 19.7. The third kappa shape index (κ3) is 4.04. The highest BCUT2D eigenvalue weighted by Crippen LogP contribution is 2.36. The van der Waals surface area contributed by atoms with Crippen LogP contribution in [0.25, 0.3) is 21.5 Å². The molecule has 0 radical (unpaired) electrons. The molecule has 4 rings (SSSR count). The summed E-state index contributed by atoms with van der Waals surface area (Å²) in [6.07, 6.45) is 3.99. The molecule has 146 valence electrons. The number of amides is 1. The number of fused-ring (bicyclic) bond motifs is 1. The molecule has 1 aliphatic heterocycles. The van der Waals surface area contributed by atoms with Gasteiger partial charge in [-0.05, 0) is 36.8 Å². The van der Waals surface area contributed by atoms with E-state index in [1.807, 2.05) is 6.07 Å². The second-order valence-corrected chi connectivity index (χ2v) is 8.35. The zero-order chi connectivity index (χ0) is 19.3. The zero-order valence-corrected chi connectivity index (χ0v) is 17.2. The lowest BCUT2D eigenvalue weighted by molar-refractivity contribution is -0.125. The molecule has 1 aliphatic rings. The molecule has 0 atom stereocenters. The smallest absolute Gasteiger partial charge is 0.223 e. The molecular weight excluding hydrogens is 366 g/mol. The van der Waals surface area contributed by atoms with E-state index in [0.29, 0.717) is 0 Å². The Morgan fingerprint density at radius 2 is 2.00 bits per heavy atom. The molecule has 1 N–H and O–H groups in total. The molecule has 1 aromatic carbocycles. The standard InChI is InChI=1S/C23H27N3OS/c1-2-3-12-24-23(27)18-9-13-26(14-10-18)21-16-20(17-7-5-4-6-8-17)25-19-11-15-28-22(19)21/h4-8,11,15-16,18H,2-3,9-10,12-14H2,1H3,(H,24,27). The first-order chi connectivity index (χ1) is 13.8. The van der Waals surface area contributed by atoms with E-state index in [0.717, 1.165) is 62.1 Å². The third-order valence-corrected chi connectivity index (χ3v) is 6.42. The van der Waals surface area contributed by atoms with Crippen LogP contribution in [0, 0.1) is 5.92 Å². The van der Waals surface area contributed by atoms with Crippen molar-refractivity contribution in [2.24, 2.45) is 5.92 Å². The number of piperidine rings is 1. The van der Waals surface area contributed by atoms with Gasteiger partial charge in [-0.1, -0.05) is 43.7 Å². The summed E-state index contributed by atoms with van der Waals surface area (Å²) < 4.78 is 1.24. The number of thiophene rings is 1. The Morgan fingerprint density at radius 1 is 1.21 bits per heavy atom. The number of carbonyl (C=O) groups excluding carboxylic acids is 1. The van der Waals surface area contributed by atoms with Crippen LogP contribution in [0.2, 0.25) is 0 Å². The molecule has 5 heteroatoms. The SMILES string of the molecule is CCCCNC(=O)C1CCN(c2cc(-c3ccccc3)nc3ccsc23)CC1. The van der Waals surface area contributed by atoms with Gasteiger partial charge in [-0.15, -0.1) is 11.3 Å². The monoisotopic (exact) mass is 393 g/mol. The van der Waals surface area contributed by atoms with Crippen LogP contribution in [-0.2, 0) is 4.79 Å². The number of hydrogen-bond acceptors (Lipinski definition) is 4. The van der Waals surface area contributed by atoms with Gasteiger partial charge in [0.1, 0.15) is 0 Å². The van der Waals surface area contributed by atoms with Crippen molar-refractivity contribution < 1.29 is 4.79 Å². The average Bonchev–Trinajstić information content (AvgIpc) is 3.23. The number of unbranched alkanes of at least 4 members (excludes halogenated alkanes) is 1. The summed E-state index contributed by atoms with van der Waals surface area (Å²) in [5.41, 5.74) is 4.47. The summed E-state index contributed by atoms with van der Waals surface area (Å²) in [6, 6.07) is 14.7. The lowest BCUT2D eigenvalue weighted by atomic mass is 9.95. The predicted octanol–water partition coefficient (Wildman–Crippen LogP) is 5.10. The van der Waals surface area contributed by atoms with Crippen LogP contribution in [0.3, 0.4) is 0 Å². The summed E-state index contributed by atoms with van der Waals surface area (Å²) in [6.45, 7) is 4.78. The van der Waals surface area contributed by atoms with Crippen molar-refractivity contribution in [1.29, 1.82) is 0 Å². The van der Waals surface area contributed by atoms with Crippen LogP contribution >= 0.6 is 11.3 Å². The van der Waals surface area contributed by atoms with Gasteiger partial charge in [0.2, 0.25) is 5.91 Å². The maximum Gasteiger partial charge on any atom is 0.223 e. The number of hydrogen-bond donors (Lipinski definition) is 1. The van der Waals surface area contributed by atoms with E-state index in [9.17, 15) is 4.79 Å². The molecule has 1 saturated heterocycles. The van der Waals surface area contributed by atoms with Crippen LogP contribution in [0.5, 0.6) is 0 Å². The van der Waals surface area contributed by atoms with Crippen molar-refractivity contribution in [3.8, 4) is 11.3 Å². The van der Waals surface area contributed by atoms with E-state index in [4.69, 9.17) is 4.98 Å². The van der Waals surface area contributed by atoms with E-state index >= 15 is 0 Å². The van der Waals surface area contributed by atoms with Crippen LogP contribution < -0.4 is 10.2 Å². The number of aromatic nitrogens is 1. The number of benzene rings is 1. The molecule has 0 bridgehead atoms. The van der Waals surface area contributed by atoms with E-state index < -0.39 is 0 Å². The molecule has 4 nitrogen and oxygen atoms in total. The van der Waals surface area contributed by atoms with Gasteiger partial charge in [-0.3, -0.25) is 4.79 Å². The predicted molar refractivity (Wildman–Crippen MR) is 118 cm³/mol. The fourth-order valence-electron chi connectivity index (χ4n) is 3.85. The number of carbonyl (C=O) groups is 1. The summed E-state index contributed by atoms with van der Waals surface area (Å²) in [7, 11) is 0. The number of pyridine rings is 1.